The monoisotopic (exact) mass is 422 g/mol. The van der Waals surface area contributed by atoms with Gasteiger partial charge in [0.2, 0.25) is 15.9 Å². The number of carbonyl (C=O) groups excluding carboxylic acids is 1. The second-order valence-corrected chi connectivity index (χ2v) is 7.31. The lowest BCUT2D eigenvalue weighted by Gasteiger charge is -2.06. The van der Waals surface area contributed by atoms with E-state index in [1.807, 2.05) is 0 Å². The lowest BCUT2D eigenvalue weighted by molar-refractivity contribution is -0.117. The Kier molecular flexibility index (Phi) is 13.7. The zero-order chi connectivity index (χ0) is 19.3. The quantitative estimate of drug-likeness (QED) is 0.293. The van der Waals surface area contributed by atoms with Crippen LogP contribution in [-0.2, 0) is 23.9 Å². The number of sulfonamides is 1. The Morgan fingerprint density at radius 1 is 1.12 bits per heavy atom. The van der Waals surface area contributed by atoms with Gasteiger partial charge in [0.15, 0.2) is 0 Å². The van der Waals surface area contributed by atoms with Crippen molar-refractivity contribution in [3.63, 3.8) is 0 Å². The molecule has 0 saturated heterocycles. The first-order valence-corrected chi connectivity index (χ1v) is 10.6. The van der Waals surface area contributed by atoms with E-state index in [4.69, 9.17) is 28.7 Å². The van der Waals surface area contributed by atoms with Crippen LogP contribution in [0.3, 0.4) is 0 Å². The van der Waals surface area contributed by atoms with Gasteiger partial charge in [0.25, 0.3) is 0 Å². The predicted octanol–water partition coefficient (Wildman–Crippen LogP) is 0.458. The van der Waals surface area contributed by atoms with E-state index in [1.165, 1.54) is 6.92 Å². The van der Waals surface area contributed by atoms with Crippen molar-refractivity contribution in [3.05, 3.63) is 24.3 Å². The van der Waals surface area contributed by atoms with Gasteiger partial charge < -0.3 is 0 Å². The largest absolute Gasteiger partial charge is 0.692 e. The molecule has 0 atom stereocenters. The maximum atomic E-state index is 11.0. The van der Waals surface area contributed by atoms with Crippen LogP contribution in [0, 0.1) is 0 Å². The van der Waals surface area contributed by atoms with Crippen LogP contribution in [0.25, 0.3) is 0 Å². The maximum Gasteiger partial charge on any atom is 0.692 e. The lowest BCUT2D eigenvalue weighted by atomic mass is 10.3. The third-order valence-corrected chi connectivity index (χ3v) is 2.94. The molecule has 0 aliphatic rings. The Labute approximate surface area is 144 Å². The third-order valence-electron chi connectivity index (χ3n) is 1.45. The molecule has 0 radical (unpaired) electrons. The van der Waals surface area contributed by atoms with Gasteiger partial charge in [-0.1, -0.05) is 6.07 Å². The first-order chi connectivity index (χ1) is 10.8. The fourth-order valence-electron chi connectivity index (χ4n) is 0.968. The van der Waals surface area contributed by atoms with Crippen LogP contribution >= 0.6 is 28.5 Å². The van der Waals surface area contributed by atoms with E-state index in [2.05, 4.69) is 9.44 Å². The van der Waals surface area contributed by atoms with Crippen molar-refractivity contribution < 1.29 is 41.9 Å². The molecule has 15 heteroatoms. The summed E-state index contributed by atoms with van der Waals surface area (Å²) < 4.78 is 44.3. The molecule has 0 fully saturated rings. The van der Waals surface area contributed by atoms with E-state index in [9.17, 15) is 13.2 Å². The number of anilines is 1. The average molecular weight is 422 g/mol. The van der Waals surface area contributed by atoms with Crippen molar-refractivity contribution in [2.75, 3.05) is 11.0 Å². The summed E-state index contributed by atoms with van der Waals surface area (Å²) in [5.74, 6) is -0.161. The molecule has 0 aromatic heterocycles. The number of rotatable bonds is 4. The average Bonchev–Trinajstić information content (AvgIpc) is 2.33. The van der Waals surface area contributed by atoms with Gasteiger partial charge in [-0.15, -0.1) is 19.6 Å². The molecule has 0 aliphatic heterocycles. The van der Waals surface area contributed by atoms with Gasteiger partial charge in [-0.2, -0.15) is 0 Å². The van der Waals surface area contributed by atoms with Crippen LogP contribution in [0.4, 0.5) is 5.69 Å². The summed E-state index contributed by atoms with van der Waals surface area (Å²) in [6, 6.07) is 6.76. The Hall–Kier alpha value is -1.17. The van der Waals surface area contributed by atoms with Gasteiger partial charge in [0, 0.05) is 26.6 Å². The fourth-order valence-corrected chi connectivity index (χ4v) is 2.12. The highest BCUT2D eigenvalue weighted by Gasteiger charge is 2.03. The maximum absolute atomic E-state index is 11.0. The molecule has 1 amide bonds. The van der Waals surface area contributed by atoms with Crippen LogP contribution in [0.1, 0.15) is 6.92 Å². The second-order valence-electron chi connectivity index (χ2n) is 3.67. The Morgan fingerprint density at radius 2 is 1.58 bits per heavy atom. The third kappa shape index (κ3) is 23.1. The lowest BCUT2D eigenvalue weighted by Crippen LogP contribution is -2.11. The molecule has 1 aromatic carbocycles. The fraction of sp³-hybridized carbons (Fsp3) is 0.222. The number of carbonyl (C=O) groups is 1. The van der Waals surface area contributed by atoms with Crippen LogP contribution in [0.5, 0.6) is 0 Å². The highest BCUT2D eigenvalue weighted by atomic mass is 32.2. The van der Waals surface area contributed by atoms with Crippen molar-refractivity contribution in [1.29, 1.82) is 0 Å². The van der Waals surface area contributed by atoms with Crippen LogP contribution < -0.4 is 9.44 Å². The van der Waals surface area contributed by atoms with E-state index in [0.29, 0.717) is 5.69 Å². The van der Waals surface area contributed by atoms with Crippen LogP contribution in [0.15, 0.2) is 29.2 Å². The Morgan fingerprint density at radius 3 is 1.96 bits per heavy atom. The van der Waals surface area contributed by atoms with Crippen molar-refractivity contribution in [3.8, 4) is 0 Å². The van der Waals surface area contributed by atoms with Gasteiger partial charge in [0.05, 0.1) is 6.26 Å². The number of benzene rings is 1. The molecule has 0 bridgehead atoms. The van der Waals surface area contributed by atoms with Gasteiger partial charge >= 0.3 is 16.5 Å². The topological polar surface area (TPSA) is 190 Å². The number of hydrogen-bond acceptors (Lipinski definition) is 6. The Bertz CT molecular complexity index is 649. The zero-order valence-electron chi connectivity index (χ0n) is 12.4. The van der Waals surface area contributed by atoms with Crippen molar-refractivity contribution in [1.82, 2.24) is 4.72 Å². The Balaban J connectivity index is 0. The minimum Gasteiger partial charge on any atom is -0.296 e. The van der Waals surface area contributed by atoms with Gasteiger partial charge in [-0.3, -0.25) is 14.2 Å². The molecule has 1 aromatic rings. The minimum absolute atomic E-state index is 0.161. The van der Waals surface area contributed by atoms with E-state index in [-0.39, 0.29) is 5.91 Å². The first kappa shape index (κ1) is 25.1. The molecule has 0 spiro atoms. The van der Waals surface area contributed by atoms with Gasteiger partial charge in [-0.05, 0) is 30.1 Å². The summed E-state index contributed by atoms with van der Waals surface area (Å²) in [7, 11) is -9.01. The van der Waals surface area contributed by atoms with Gasteiger partial charge in [-0.25, -0.2) is 8.42 Å². The first-order valence-electron chi connectivity index (χ1n) is 5.54. The van der Waals surface area contributed by atoms with Crippen molar-refractivity contribution in [2.24, 2.45) is 0 Å². The number of amides is 1. The minimum atomic E-state index is -3.27. The summed E-state index contributed by atoms with van der Waals surface area (Å²) in [6.45, 7) is 1.41. The van der Waals surface area contributed by atoms with Crippen molar-refractivity contribution in [2.45, 2.75) is 11.8 Å². The highest BCUT2D eigenvalue weighted by molar-refractivity contribution is 7.98. The van der Waals surface area contributed by atoms with Crippen LogP contribution in [0.2, 0.25) is 0 Å². The molecule has 0 unspecified atom stereocenters. The summed E-state index contributed by atoms with van der Waals surface area (Å²) in [5.41, 5.74) is 0.470. The standard InChI is InChI=1S/C9H12N2O3S2.2HO3P/c1-7(12)10-15-9-5-3-4-8(6-9)11-16(2,13)14;2*1-4(2)3/h3-6,11H,1-2H3,(H,10,12);2*(H-,1,2,3)/p+2. The van der Waals surface area contributed by atoms with E-state index in [0.717, 1.165) is 23.1 Å². The number of nitrogens with one attached hydrogen (secondary N) is 2. The molecular formula is C9H16N2O9P2S2+2. The molecule has 1 rings (SSSR count). The predicted molar refractivity (Wildman–Crippen MR) is 88.7 cm³/mol. The summed E-state index contributed by atoms with van der Waals surface area (Å²) in [4.78, 5) is 39.9. The molecule has 11 nitrogen and oxygen atoms in total. The molecule has 136 valence electrons. The summed E-state index contributed by atoms with van der Waals surface area (Å²) >= 11 is 1.13. The van der Waals surface area contributed by atoms with Gasteiger partial charge in [0.1, 0.15) is 0 Å². The summed E-state index contributed by atoms with van der Waals surface area (Å²) in [6.07, 6.45) is 1.08. The highest BCUT2D eigenvalue weighted by Crippen LogP contribution is 2.19. The molecule has 0 heterocycles. The van der Waals surface area contributed by atoms with E-state index in [1.54, 1.807) is 24.3 Å². The van der Waals surface area contributed by atoms with Crippen LogP contribution in [-0.4, -0.2) is 40.2 Å². The zero-order valence-corrected chi connectivity index (χ0v) is 15.8. The normalized spacial score (nSPS) is 9.42. The second kappa shape index (κ2) is 13.2. The SMILES string of the molecule is CC(=O)NSc1cccc(NS(C)(=O)=O)c1.O=[P+](O)O.O=[P+](O)O. The number of hydrogen-bond donors (Lipinski definition) is 6. The summed E-state index contributed by atoms with van der Waals surface area (Å²) in [5, 5.41) is 0. The van der Waals surface area contributed by atoms with E-state index < -0.39 is 26.5 Å². The molecule has 6 N–H and O–H groups in total. The molecular weight excluding hydrogens is 406 g/mol. The molecule has 0 saturated carbocycles. The molecule has 0 aliphatic carbocycles. The van der Waals surface area contributed by atoms with E-state index >= 15 is 0 Å². The van der Waals surface area contributed by atoms with Crippen molar-refractivity contribution >= 4 is 50.1 Å². The molecule has 24 heavy (non-hydrogen) atoms. The smallest absolute Gasteiger partial charge is 0.296 e.